The highest BCUT2D eigenvalue weighted by atomic mass is 32.2. The first-order valence-corrected chi connectivity index (χ1v) is 8.36. The monoisotopic (exact) mass is 308 g/mol. The minimum atomic E-state index is -3.77. The van der Waals surface area contributed by atoms with Gasteiger partial charge in [0.15, 0.2) is 0 Å². The Morgan fingerprint density at radius 2 is 1.47 bits per heavy atom. The van der Waals surface area contributed by atoms with E-state index in [-0.39, 0.29) is 16.4 Å². The van der Waals surface area contributed by atoms with Crippen LogP contribution in [0.3, 0.4) is 0 Å². The molecule has 19 heavy (non-hydrogen) atoms. The highest BCUT2D eigenvalue weighted by Crippen LogP contribution is 2.14. The lowest BCUT2D eigenvalue weighted by atomic mass is 10.4. The molecule has 1 aromatic rings. The third-order valence-corrected chi connectivity index (χ3v) is 5.38. The SMILES string of the molecule is CNS(=O)(=O)c1ccc(S(=O)(=O)NC(C)CO)cc1. The minimum absolute atomic E-state index is 0.0239. The van der Waals surface area contributed by atoms with E-state index in [4.69, 9.17) is 5.11 Å². The van der Waals surface area contributed by atoms with Crippen LogP contribution in [0.15, 0.2) is 34.1 Å². The molecule has 7 nitrogen and oxygen atoms in total. The Hall–Kier alpha value is -1.00. The fraction of sp³-hybridized carbons (Fsp3) is 0.400. The molecule has 108 valence electrons. The molecule has 0 saturated heterocycles. The molecule has 0 radical (unpaired) electrons. The first kappa shape index (κ1) is 16.1. The molecule has 1 unspecified atom stereocenters. The van der Waals surface area contributed by atoms with E-state index in [9.17, 15) is 16.8 Å². The summed E-state index contributed by atoms with van der Waals surface area (Å²) in [4.78, 5) is -0.0907. The molecule has 1 atom stereocenters. The van der Waals surface area contributed by atoms with Gasteiger partial charge in [0.2, 0.25) is 20.0 Å². The topological polar surface area (TPSA) is 113 Å². The van der Waals surface area contributed by atoms with Crippen LogP contribution in [0.4, 0.5) is 0 Å². The van der Waals surface area contributed by atoms with E-state index >= 15 is 0 Å². The van der Waals surface area contributed by atoms with E-state index in [0.29, 0.717) is 0 Å². The molecular formula is C10H16N2O5S2. The van der Waals surface area contributed by atoms with E-state index in [1.165, 1.54) is 38.2 Å². The summed E-state index contributed by atoms with van der Waals surface area (Å²) >= 11 is 0. The molecule has 0 aromatic heterocycles. The van der Waals surface area contributed by atoms with Gasteiger partial charge in [-0.1, -0.05) is 0 Å². The zero-order valence-corrected chi connectivity index (χ0v) is 12.1. The van der Waals surface area contributed by atoms with E-state index in [2.05, 4.69) is 9.44 Å². The van der Waals surface area contributed by atoms with E-state index in [1.807, 2.05) is 0 Å². The summed E-state index contributed by atoms with van der Waals surface area (Å²) in [5.74, 6) is 0. The normalized spacial score (nSPS) is 14.3. The zero-order chi connectivity index (χ0) is 14.7. The number of aliphatic hydroxyl groups is 1. The fourth-order valence-electron chi connectivity index (χ4n) is 1.29. The number of nitrogens with one attached hydrogen (secondary N) is 2. The van der Waals surface area contributed by atoms with Gasteiger partial charge in [0.05, 0.1) is 16.4 Å². The summed E-state index contributed by atoms with van der Waals surface area (Å²) in [6.45, 7) is 1.18. The summed E-state index contributed by atoms with van der Waals surface area (Å²) in [7, 11) is -6.09. The first-order valence-electron chi connectivity index (χ1n) is 5.40. The largest absolute Gasteiger partial charge is 0.395 e. The van der Waals surface area contributed by atoms with Gasteiger partial charge in [0, 0.05) is 6.04 Å². The summed E-state index contributed by atoms with van der Waals surface area (Å²) < 4.78 is 51.0. The third-order valence-electron chi connectivity index (χ3n) is 2.34. The van der Waals surface area contributed by atoms with Gasteiger partial charge in [0.25, 0.3) is 0 Å². The number of aliphatic hydroxyl groups excluding tert-OH is 1. The van der Waals surface area contributed by atoms with Crippen molar-refractivity contribution in [2.75, 3.05) is 13.7 Å². The maximum atomic E-state index is 11.8. The second-order valence-corrected chi connectivity index (χ2v) is 7.48. The molecule has 0 fully saturated rings. The number of benzene rings is 1. The lowest BCUT2D eigenvalue weighted by Crippen LogP contribution is -2.35. The Balaban J connectivity index is 3.06. The van der Waals surface area contributed by atoms with Gasteiger partial charge in [-0.3, -0.25) is 0 Å². The van der Waals surface area contributed by atoms with Crippen molar-refractivity contribution in [1.29, 1.82) is 0 Å². The molecule has 0 aliphatic rings. The van der Waals surface area contributed by atoms with Crippen molar-refractivity contribution in [1.82, 2.24) is 9.44 Å². The van der Waals surface area contributed by atoms with Gasteiger partial charge in [-0.2, -0.15) is 0 Å². The van der Waals surface area contributed by atoms with Crippen LogP contribution < -0.4 is 9.44 Å². The van der Waals surface area contributed by atoms with E-state index in [0.717, 1.165) is 0 Å². The highest BCUT2D eigenvalue weighted by Gasteiger charge is 2.18. The van der Waals surface area contributed by atoms with Crippen molar-refractivity contribution in [3.63, 3.8) is 0 Å². The molecule has 0 heterocycles. The predicted octanol–water partition coefficient (Wildman–Crippen LogP) is -0.746. The van der Waals surface area contributed by atoms with Crippen molar-refractivity contribution < 1.29 is 21.9 Å². The van der Waals surface area contributed by atoms with Crippen LogP contribution in [-0.4, -0.2) is 41.6 Å². The number of hydrogen-bond acceptors (Lipinski definition) is 5. The second kappa shape index (κ2) is 5.97. The summed E-state index contributed by atoms with van der Waals surface area (Å²) in [5, 5.41) is 8.81. The van der Waals surface area contributed by atoms with Crippen molar-refractivity contribution in [2.45, 2.75) is 22.8 Å². The van der Waals surface area contributed by atoms with E-state index in [1.54, 1.807) is 0 Å². The van der Waals surface area contributed by atoms with Crippen molar-refractivity contribution in [2.24, 2.45) is 0 Å². The van der Waals surface area contributed by atoms with Crippen LogP contribution in [0, 0.1) is 0 Å². The lowest BCUT2D eigenvalue weighted by molar-refractivity contribution is 0.265. The minimum Gasteiger partial charge on any atom is -0.395 e. The number of sulfonamides is 2. The quantitative estimate of drug-likeness (QED) is 0.640. The Morgan fingerprint density at radius 3 is 1.84 bits per heavy atom. The summed E-state index contributed by atoms with van der Waals surface area (Å²) in [6.07, 6.45) is 0. The maximum absolute atomic E-state index is 11.8. The molecule has 1 rings (SSSR count). The Kier molecular flexibility index (Phi) is 5.04. The van der Waals surface area contributed by atoms with Crippen LogP contribution in [-0.2, 0) is 20.0 Å². The molecule has 3 N–H and O–H groups in total. The van der Waals surface area contributed by atoms with Gasteiger partial charge in [-0.25, -0.2) is 26.3 Å². The first-order chi connectivity index (χ1) is 8.73. The second-order valence-electron chi connectivity index (χ2n) is 3.88. The summed E-state index contributed by atoms with van der Waals surface area (Å²) in [6, 6.07) is 4.16. The highest BCUT2D eigenvalue weighted by molar-refractivity contribution is 7.90. The Bertz CT molecular complexity index is 622. The Labute approximate surface area is 112 Å². The molecule has 0 spiro atoms. The fourth-order valence-corrected chi connectivity index (χ4v) is 3.25. The average molecular weight is 308 g/mol. The Morgan fingerprint density at radius 1 is 1.05 bits per heavy atom. The van der Waals surface area contributed by atoms with Crippen LogP contribution >= 0.6 is 0 Å². The van der Waals surface area contributed by atoms with Crippen LogP contribution in [0.5, 0.6) is 0 Å². The van der Waals surface area contributed by atoms with Gasteiger partial charge >= 0.3 is 0 Å². The molecule has 0 bridgehead atoms. The van der Waals surface area contributed by atoms with Crippen LogP contribution in [0.2, 0.25) is 0 Å². The predicted molar refractivity (Wildman–Crippen MR) is 69.6 cm³/mol. The average Bonchev–Trinajstić information content (AvgIpc) is 2.38. The third kappa shape index (κ3) is 3.98. The van der Waals surface area contributed by atoms with Crippen molar-refractivity contribution >= 4 is 20.0 Å². The molecule has 0 amide bonds. The van der Waals surface area contributed by atoms with Crippen molar-refractivity contribution in [3.05, 3.63) is 24.3 Å². The van der Waals surface area contributed by atoms with Gasteiger partial charge in [-0.15, -0.1) is 0 Å². The number of hydrogen-bond donors (Lipinski definition) is 3. The van der Waals surface area contributed by atoms with Crippen molar-refractivity contribution in [3.8, 4) is 0 Å². The van der Waals surface area contributed by atoms with Gasteiger partial charge in [0.1, 0.15) is 0 Å². The number of rotatable bonds is 6. The standard InChI is InChI=1S/C10H16N2O5S2/c1-8(7-13)12-19(16,17)10-5-3-9(4-6-10)18(14,15)11-2/h3-6,8,11-13H,7H2,1-2H3. The van der Waals surface area contributed by atoms with E-state index < -0.39 is 26.1 Å². The maximum Gasteiger partial charge on any atom is 0.240 e. The molecule has 0 aliphatic carbocycles. The van der Waals surface area contributed by atoms with Gasteiger partial charge in [-0.05, 0) is 38.2 Å². The molecule has 0 saturated carbocycles. The van der Waals surface area contributed by atoms with Gasteiger partial charge < -0.3 is 5.11 Å². The zero-order valence-electron chi connectivity index (χ0n) is 10.5. The summed E-state index contributed by atoms with van der Waals surface area (Å²) in [5.41, 5.74) is 0. The molecular weight excluding hydrogens is 292 g/mol. The van der Waals surface area contributed by atoms with Crippen LogP contribution in [0.25, 0.3) is 0 Å². The molecule has 1 aromatic carbocycles. The van der Waals surface area contributed by atoms with Crippen LogP contribution in [0.1, 0.15) is 6.92 Å². The smallest absolute Gasteiger partial charge is 0.240 e. The molecule has 0 aliphatic heterocycles. The lowest BCUT2D eigenvalue weighted by Gasteiger charge is -2.11. The molecule has 9 heteroatoms.